The predicted octanol–water partition coefficient (Wildman–Crippen LogP) is 3.63. The molecule has 0 radical (unpaired) electrons. The molecule has 6 rings (SSSR count). The maximum atomic E-state index is 13.7. The van der Waals surface area contributed by atoms with Crippen molar-refractivity contribution in [3.8, 4) is 11.3 Å². The van der Waals surface area contributed by atoms with Crippen LogP contribution in [0.5, 0.6) is 0 Å². The number of anilines is 2. The summed E-state index contributed by atoms with van der Waals surface area (Å²) in [6.07, 6.45) is 4.12. The SMILES string of the molecule is Nc1nccc(-c2cn(S(=O)(=O)c3ccccc3)c3nccc(N4CC(C(Cc5ccccc5)NC(=O)O)C4)c23)n1. The van der Waals surface area contributed by atoms with Gasteiger partial charge in [0, 0.05) is 49.2 Å². The van der Waals surface area contributed by atoms with E-state index in [1.165, 1.54) is 28.5 Å². The van der Waals surface area contributed by atoms with Crippen LogP contribution < -0.4 is 16.0 Å². The summed E-state index contributed by atoms with van der Waals surface area (Å²) in [6.45, 7) is 1.14. The number of nitrogens with one attached hydrogen (secondary N) is 1. The van der Waals surface area contributed by atoms with Gasteiger partial charge in [-0.25, -0.2) is 32.1 Å². The maximum absolute atomic E-state index is 13.7. The van der Waals surface area contributed by atoms with E-state index in [1.807, 2.05) is 36.4 Å². The fraction of sp³-hybridized carbons (Fsp3) is 0.172. The molecule has 1 unspecified atom stereocenters. The van der Waals surface area contributed by atoms with Gasteiger partial charge in [0.05, 0.1) is 21.7 Å². The van der Waals surface area contributed by atoms with Crippen LogP contribution in [0.2, 0.25) is 0 Å². The van der Waals surface area contributed by atoms with E-state index in [9.17, 15) is 18.3 Å². The van der Waals surface area contributed by atoms with E-state index in [-0.39, 0.29) is 28.5 Å². The number of rotatable bonds is 8. The number of fused-ring (bicyclic) bond motifs is 1. The first-order chi connectivity index (χ1) is 19.8. The topological polar surface area (TPSA) is 156 Å². The van der Waals surface area contributed by atoms with Gasteiger partial charge >= 0.3 is 6.09 Å². The van der Waals surface area contributed by atoms with Gasteiger partial charge in [0.15, 0.2) is 5.65 Å². The molecule has 41 heavy (non-hydrogen) atoms. The molecule has 1 aliphatic heterocycles. The van der Waals surface area contributed by atoms with Crippen LogP contribution in [0, 0.1) is 5.92 Å². The fourth-order valence-corrected chi connectivity index (χ4v) is 6.64. The van der Waals surface area contributed by atoms with Crippen molar-refractivity contribution in [3.63, 3.8) is 0 Å². The van der Waals surface area contributed by atoms with Crippen molar-refractivity contribution < 1.29 is 18.3 Å². The molecule has 0 saturated carbocycles. The first-order valence-electron chi connectivity index (χ1n) is 13.0. The second-order valence-electron chi connectivity index (χ2n) is 9.90. The average Bonchev–Trinajstić information content (AvgIpc) is 3.34. The molecule has 1 atom stereocenters. The summed E-state index contributed by atoms with van der Waals surface area (Å²) < 4.78 is 28.6. The summed E-state index contributed by atoms with van der Waals surface area (Å²) in [5.41, 5.74) is 8.97. The van der Waals surface area contributed by atoms with Gasteiger partial charge in [0.25, 0.3) is 10.0 Å². The summed E-state index contributed by atoms with van der Waals surface area (Å²) in [5, 5.41) is 12.8. The molecule has 1 amide bonds. The molecular formula is C29H27N7O4S. The molecule has 5 aromatic rings. The summed E-state index contributed by atoms with van der Waals surface area (Å²) in [4.78, 5) is 26.7. The zero-order valence-electron chi connectivity index (χ0n) is 21.8. The summed E-state index contributed by atoms with van der Waals surface area (Å²) in [6, 6.07) is 21.1. The molecular weight excluding hydrogens is 542 g/mol. The van der Waals surface area contributed by atoms with Gasteiger partial charge in [-0.15, -0.1) is 0 Å². The molecule has 4 N–H and O–H groups in total. The van der Waals surface area contributed by atoms with Gasteiger partial charge in [-0.2, -0.15) is 0 Å². The van der Waals surface area contributed by atoms with Crippen LogP contribution in [-0.2, 0) is 16.4 Å². The lowest BCUT2D eigenvalue weighted by molar-refractivity contribution is 0.180. The first-order valence-corrected chi connectivity index (χ1v) is 14.4. The predicted molar refractivity (Wildman–Crippen MR) is 155 cm³/mol. The van der Waals surface area contributed by atoms with E-state index in [0.29, 0.717) is 36.2 Å². The minimum atomic E-state index is -3.98. The van der Waals surface area contributed by atoms with Crippen LogP contribution in [-0.4, -0.2) is 57.7 Å². The van der Waals surface area contributed by atoms with Crippen molar-refractivity contribution in [2.24, 2.45) is 5.92 Å². The lowest BCUT2D eigenvalue weighted by Gasteiger charge is -2.45. The summed E-state index contributed by atoms with van der Waals surface area (Å²) in [5.74, 6) is 0.107. The molecule has 1 aliphatic rings. The van der Waals surface area contributed by atoms with E-state index in [1.54, 1.807) is 30.5 Å². The van der Waals surface area contributed by atoms with E-state index >= 15 is 0 Å². The third-order valence-electron chi connectivity index (χ3n) is 7.31. The van der Waals surface area contributed by atoms with Crippen LogP contribution in [0.3, 0.4) is 0 Å². The number of aromatic nitrogens is 4. The molecule has 12 heteroatoms. The van der Waals surface area contributed by atoms with Crippen molar-refractivity contribution in [1.82, 2.24) is 24.2 Å². The number of pyridine rings is 1. The molecule has 1 fully saturated rings. The second kappa shape index (κ2) is 10.5. The number of carbonyl (C=O) groups is 1. The van der Waals surface area contributed by atoms with Crippen LogP contribution in [0.1, 0.15) is 5.56 Å². The number of nitrogens with zero attached hydrogens (tertiary/aromatic N) is 5. The normalized spacial score (nSPS) is 14.5. The molecule has 1 saturated heterocycles. The Balaban J connectivity index is 1.40. The first kappa shape index (κ1) is 26.3. The van der Waals surface area contributed by atoms with Gasteiger partial charge in [0.2, 0.25) is 5.95 Å². The van der Waals surface area contributed by atoms with Gasteiger partial charge in [-0.05, 0) is 36.2 Å². The Morgan fingerprint density at radius 2 is 1.68 bits per heavy atom. The van der Waals surface area contributed by atoms with Crippen molar-refractivity contribution >= 4 is 38.8 Å². The standard InChI is InChI=1S/C29H27N7O4S/c30-28-32-13-11-23(33-28)22-18-36(41(39,40)21-9-5-2-6-10-21)27-26(22)25(12-14-31-27)35-16-20(17-35)24(34-29(37)38)15-19-7-3-1-4-8-19/h1-14,18,20,24,34H,15-17H2,(H,37,38)(H2,30,32,33). The second-order valence-corrected chi connectivity index (χ2v) is 11.7. The van der Waals surface area contributed by atoms with Crippen LogP contribution >= 0.6 is 0 Å². The minimum absolute atomic E-state index is 0.0443. The smallest absolute Gasteiger partial charge is 0.404 e. The van der Waals surface area contributed by atoms with Gasteiger partial charge < -0.3 is 21.1 Å². The van der Waals surface area contributed by atoms with Gasteiger partial charge in [-0.3, -0.25) is 0 Å². The molecule has 11 nitrogen and oxygen atoms in total. The highest BCUT2D eigenvalue weighted by atomic mass is 32.2. The Hall–Kier alpha value is -4.97. The Kier molecular flexibility index (Phi) is 6.75. The number of benzene rings is 2. The van der Waals surface area contributed by atoms with Crippen molar-refractivity contribution in [2.45, 2.75) is 17.4 Å². The highest BCUT2D eigenvalue weighted by Crippen LogP contribution is 2.40. The Labute approximate surface area is 236 Å². The molecule has 0 aliphatic carbocycles. The Bertz CT molecular complexity index is 1820. The molecule has 0 bridgehead atoms. The summed E-state index contributed by atoms with van der Waals surface area (Å²) in [7, 11) is -3.98. The van der Waals surface area contributed by atoms with Crippen molar-refractivity contribution in [1.29, 1.82) is 0 Å². The Morgan fingerprint density at radius 3 is 2.37 bits per heavy atom. The molecule has 0 spiro atoms. The lowest BCUT2D eigenvalue weighted by Crippen LogP contribution is -2.57. The number of carboxylic acid groups (broad SMARTS) is 1. The minimum Gasteiger partial charge on any atom is -0.465 e. The average molecular weight is 570 g/mol. The van der Waals surface area contributed by atoms with E-state index in [4.69, 9.17) is 5.73 Å². The Morgan fingerprint density at radius 1 is 1.00 bits per heavy atom. The van der Waals surface area contributed by atoms with E-state index in [0.717, 1.165) is 11.3 Å². The largest absolute Gasteiger partial charge is 0.465 e. The zero-order valence-corrected chi connectivity index (χ0v) is 22.6. The van der Waals surface area contributed by atoms with E-state index < -0.39 is 16.1 Å². The number of amides is 1. The quantitative estimate of drug-likeness (QED) is 0.254. The highest BCUT2D eigenvalue weighted by Gasteiger charge is 2.36. The van der Waals surface area contributed by atoms with E-state index in [2.05, 4.69) is 25.2 Å². The number of nitrogens with two attached hydrogens (primary N) is 1. The lowest BCUT2D eigenvalue weighted by atomic mass is 9.86. The molecule has 2 aromatic carbocycles. The number of hydrogen-bond donors (Lipinski definition) is 3. The zero-order chi connectivity index (χ0) is 28.6. The van der Waals surface area contributed by atoms with Gasteiger partial charge in [0.1, 0.15) is 0 Å². The molecule has 4 heterocycles. The van der Waals surface area contributed by atoms with Crippen LogP contribution in [0.25, 0.3) is 22.3 Å². The van der Waals surface area contributed by atoms with Crippen molar-refractivity contribution in [3.05, 3.63) is 97.0 Å². The number of hydrogen-bond acceptors (Lipinski definition) is 8. The monoisotopic (exact) mass is 569 g/mol. The third-order valence-corrected chi connectivity index (χ3v) is 8.97. The molecule has 3 aromatic heterocycles. The van der Waals surface area contributed by atoms with Gasteiger partial charge in [-0.1, -0.05) is 48.5 Å². The fourth-order valence-electron chi connectivity index (χ4n) is 5.31. The molecule has 208 valence electrons. The van der Waals surface area contributed by atoms with Crippen LogP contribution in [0.4, 0.5) is 16.4 Å². The maximum Gasteiger partial charge on any atom is 0.404 e. The third kappa shape index (κ3) is 5.05. The highest BCUT2D eigenvalue weighted by molar-refractivity contribution is 7.90. The van der Waals surface area contributed by atoms with Crippen molar-refractivity contribution in [2.75, 3.05) is 23.7 Å². The van der Waals surface area contributed by atoms with Crippen LogP contribution in [0.15, 0.2) is 96.3 Å². The number of nitrogen functional groups attached to an aromatic ring is 1. The summed E-state index contributed by atoms with van der Waals surface area (Å²) >= 11 is 0.